The van der Waals surface area contributed by atoms with E-state index in [1.165, 1.54) is 0 Å². The maximum absolute atomic E-state index is 11.5. The van der Waals surface area contributed by atoms with E-state index in [2.05, 4.69) is 6.92 Å². The van der Waals surface area contributed by atoms with Gasteiger partial charge in [-0.3, -0.25) is 4.79 Å². The molecule has 0 radical (unpaired) electrons. The van der Waals surface area contributed by atoms with Gasteiger partial charge in [-0.1, -0.05) is 19.4 Å². The number of carbonyl (C=O) groups excluding carboxylic acids is 1. The van der Waals surface area contributed by atoms with Crippen LogP contribution in [0.1, 0.15) is 19.8 Å². The largest absolute Gasteiger partial charge is 0.378 e. The first-order valence-electron chi connectivity index (χ1n) is 4.87. The van der Waals surface area contributed by atoms with Gasteiger partial charge in [-0.15, -0.1) is 0 Å². The molecule has 0 N–H and O–H groups in total. The highest BCUT2D eigenvalue weighted by Crippen LogP contribution is 1.99. The van der Waals surface area contributed by atoms with Gasteiger partial charge in [-0.05, 0) is 12.5 Å². The Balaban J connectivity index is 2.28. The molecule has 1 rings (SSSR count). The van der Waals surface area contributed by atoms with E-state index in [9.17, 15) is 4.79 Å². The molecule has 1 fully saturated rings. The number of allylic oxidation sites excluding steroid dienone is 1. The summed E-state index contributed by atoms with van der Waals surface area (Å²) >= 11 is 0. The number of morpholine rings is 1. The zero-order valence-corrected chi connectivity index (χ0v) is 8.16. The third-order valence-electron chi connectivity index (χ3n) is 2.04. The van der Waals surface area contributed by atoms with Gasteiger partial charge < -0.3 is 9.64 Å². The molecule has 0 aromatic carbocycles. The van der Waals surface area contributed by atoms with Crippen LogP contribution in [-0.2, 0) is 9.53 Å². The number of carbonyl (C=O) groups is 1. The van der Waals surface area contributed by atoms with Crippen LogP contribution in [0.15, 0.2) is 12.2 Å². The zero-order chi connectivity index (χ0) is 9.52. The van der Waals surface area contributed by atoms with Crippen molar-refractivity contribution < 1.29 is 9.53 Å². The van der Waals surface area contributed by atoms with Crippen LogP contribution in [0.25, 0.3) is 0 Å². The Labute approximate surface area is 79.4 Å². The number of amides is 1. The van der Waals surface area contributed by atoms with Gasteiger partial charge in [0.05, 0.1) is 13.2 Å². The van der Waals surface area contributed by atoms with Crippen LogP contribution in [0, 0.1) is 0 Å². The van der Waals surface area contributed by atoms with Crippen LogP contribution in [0.4, 0.5) is 0 Å². The fourth-order valence-electron chi connectivity index (χ4n) is 1.24. The molecule has 1 saturated heterocycles. The summed E-state index contributed by atoms with van der Waals surface area (Å²) in [6, 6.07) is 0. The Morgan fingerprint density at radius 1 is 1.46 bits per heavy atom. The minimum Gasteiger partial charge on any atom is -0.378 e. The van der Waals surface area contributed by atoms with E-state index in [-0.39, 0.29) is 5.91 Å². The highest BCUT2D eigenvalue weighted by Gasteiger charge is 2.13. The lowest BCUT2D eigenvalue weighted by Gasteiger charge is -2.25. The highest BCUT2D eigenvalue weighted by atomic mass is 16.5. The first-order valence-corrected chi connectivity index (χ1v) is 4.87. The number of hydrogen-bond donors (Lipinski definition) is 0. The minimum absolute atomic E-state index is 0.122. The van der Waals surface area contributed by atoms with Crippen LogP contribution < -0.4 is 0 Å². The van der Waals surface area contributed by atoms with Gasteiger partial charge in [0.1, 0.15) is 0 Å². The summed E-state index contributed by atoms with van der Waals surface area (Å²) in [5, 5.41) is 0. The van der Waals surface area contributed by atoms with Gasteiger partial charge in [0, 0.05) is 13.1 Å². The predicted octanol–water partition coefficient (Wildman–Crippen LogP) is 1.20. The lowest BCUT2D eigenvalue weighted by molar-refractivity contribution is -0.129. The number of nitrogens with zero attached hydrogens (tertiary/aromatic N) is 1. The van der Waals surface area contributed by atoms with Crippen LogP contribution >= 0.6 is 0 Å². The van der Waals surface area contributed by atoms with Gasteiger partial charge in [-0.25, -0.2) is 0 Å². The molecule has 0 aromatic heterocycles. The summed E-state index contributed by atoms with van der Waals surface area (Å²) in [5.41, 5.74) is 0. The molecule has 1 aliphatic heterocycles. The molecule has 1 heterocycles. The van der Waals surface area contributed by atoms with Gasteiger partial charge in [-0.2, -0.15) is 0 Å². The average Bonchev–Trinajstić information content (AvgIpc) is 2.19. The van der Waals surface area contributed by atoms with Crippen LogP contribution in [0.2, 0.25) is 0 Å². The molecule has 0 atom stereocenters. The molecule has 3 heteroatoms. The van der Waals surface area contributed by atoms with E-state index >= 15 is 0 Å². The highest BCUT2D eigenvalue weighted by molar-refractivity contribution is 5.87. The summed E-state index contributed by atoms with van der Waals surface area (Å²) in [5.74, 6) is 0.122. The number of hydrogen-bond acceptors (Lipinski definition) is 2. The second-order valence-electron chi connectivity index (χ2n) is 3.13. The summed E-state index contributed by atoms with van der Waals surface area (Å²) in [4.78, 5) is 13.3. The number of ether oxygens (including phenoxy) is 1. The van der Waals surface area contributed by atoms with E-state index in [0.29, 0.717) is 13.2 Å². The van der Waals surface area contributed by atoms with Gasteiger partial charge in [0.25, 0.3) is 0 Å². The summed E-state index contributed by atoms with van der Waals surface area (Å²) in [7, 11) is 0. The van der Waals surface area contributed by atoms with Crippen molar-refractivity contribution in [1.82, 2.24) is 4.90 Å². The summed E-state index contributed by atoms with van der Waals surface area (Å²) in [6.07, 6.45) is 5.69. The van der Waals surface area contributed by atoms with Crippen molar-refractivity contribution in [3.05, 3.63) is 12.2 Å². The second kappa shape index (κ2) is 5.75. The minimum atomic E-state index is 0.122. The van der Waals surface area contributed by atoms with Gasteiger partial charge >= 0.3 is 0 Å². The Kier molecular flexibility index (Phi) is 4.54. The SMILES string of the molecule is CCC/C=C/C(=O)N1CCOCC1. The number of unbranched alkanes of at least 4 members (excludes halogenated alkanes) is 1. The van der Waals surface area contributed by atoms with E-state index in [1.54, 1.807) is 6.08 Å². The lowest BCUT2D eigenvalue weighted by atomic mass is 10.3. The molecule has 1 amide bonds. The maximum atomic E-state index is 11.5. The topological polar surface area (TPSA) is 29.5 Å². The normalized spacial score (nSPS) is 18.1. The Morgan fingerprint density at radius 3 is 2.77 bits per heavy atom. The standard InChI is InChI=1S/C10H17NO2/c1-2-3-4-5-10(12)11-6-8-13-9-7-11/h4-5H,2-3,6-9H2,1H3/b5-4+. The van der Waals surface area contributed by atoms with Gasteiger partial charge in [0.2, 0.25) is 5.91 Å². The molecule has 74 valence electrons. The average molecular weight is 183 g/mol. The fraction of sp³-hybridized carbons (Fsp3) is 0.700. The third kappa shape index (κ3) is 3.59. The molecule has 0 saturated carbocycles. The Bertz CT molecular complexity index is 183. The molecule has 0 aromatic rings. The quantitative estimate of drug-likeness (QED) is 0.615. The zero-order valence-electron chi connectivity index (χ0n) is 8.16. The molecule has 0 unspecified atom stereocenters. The van der Waals surface area contributed by atoms with Crippen molar-refractivity contribution in [2.45, 2.75) is 19.8 Å². The van der Waals surface area contributed by atoms with E-state index < -0.39 is 0 Å². The second-order valence-corrected chi connectivity index (χ2v) is 3.13. The molecule has 0 aliphatic carbocycles. The smallest absolute Gasteiger partial charge is 0.246 e. The van der Waals surface area contributed by atoms with Gasteiger partial charge in [0.15, 0.2) is 0 Å². The van der Waals surface area contributed by atoms with Crippen molar-refractivity contribution in [2.24, 2.45) is 0 Å². The van der Waals surface area contributed by atoms with Crippen LogP contribution in [0.5, 0.6) is 0 Å². The Hall–Kier alpha value is -0.830. The molecule has 0 bridgehead atoms. The Morgan fingerprint density at radius 2 is 2.15 bits per heavy atom. The predicted molar refractivity (Wildman–Crippen MR) is 51.4 cm³/mol. The van der Waals surface area contributed by atoms with Crippen molar-refractivity contribution >= 4 is 5.91 Å². The molecular formula is C10H17NO2. The van der Waals surface area contributed by atoms with Crippen molar-refractivity contribution in [2.75, 3.05) is 26.3 Å². The molecule has 3 nitrogen and oxygen atoms in total. The van der Waals surface area contributed by atoms with E-state index in [1.807, 2.05) is 11.0 Å². The molecule has 0 spiro atoms. The fourth-order valence-corrected chi connectivity index (χ4v) is 1.24. The van der Waals surface area contributed by atoms with Crippen molar-refractivity contribution in [3.8, 4) is 0 Å². The first kappa shape index (κ1) is 10.3. The van der Waals surface area contributed by atoms with Crippen LogP contribution in [-0.4, -0.2) is 37.1 Å². The lowest BCUT2D eigenvalue weighted by Crippen LogP contribution is -2.39. The molecule has 13 heavy (non-hydrogen) atoms. The first-order chi connectivity index (χ1) is 6.34. The summed E-state index contributed by atoms with van der Waals surface area (Å²) in [6.45, 7) is 4.91. The maximum Gasteiger partial charge on any atom is 0.246 e. The number of rotatable bonds is 3. The monoisotopic (exact) mass is 183 g/mol. The van der Waals surface area contributed by atoms with Crippen molar-refractivity contribution in [3.63, 3.8) is 0 Å². The van der Waals surface area contributed by atoms with Crippen molar-refractivity contribution in [1.29, 1.82) is 0 Å². The van der Waals surface area contributed by atoms with E-state index in [0.717, 1.165) is 25.9 Å². The molecular weight excluding hydrogens is 166 g/mol. The summed E-state index contributed by atoms with van der Waals surface area (Å²) < 4.78 is 5.16. The molecule has 1 aliphatic rings. The van der Waals surface area contributed by atoms with Crippen LogP contribution in [0.3, 0.4) is 0 Å². The third-order valence-corrected chi connectivity index (χ3v) is 2.04. The van der Waals surface area contributed by atoms with E-state index in [4.69, 9.17) is 4.74 Å².